The fourth-order valence-corrected chi connectivity index (χ4v) is 4.14. The number of carbonyl (C=O) groups excluding carboxylic acids is 2. The van der Waals surface area contributed by atoms with Gasteiger partial charge in [0.05, 0.1) is 22.3 Å². The van der Waals surface area contributed by atoms with E-state index in [1.165, 1.54) is 12.1 Å². The monoisotopic (exact) mass is 542 g/mol. The second kappa shape index (κ2) is 12.0. The predicted octanol–water partition coefficient (Wildman–Crippen LogP) is 4.81. The lowest BCUT2D eigenvalue weighted by molar-refractivity contribution is 0.0683. The van der Waals surface area contributed by atoms with Crippen molar-refractivity contribution < 1.29 is 39.1 Å². The van der Waals surface area contributed by atoms with Crippen LogP contribution in [0.1, 0.15) is 66.4 Å². The van der Waals surface area contributed by atoms with Crippen LogP contribution in [0.3, 0.4) is 0 Å². The van der Waals surface area contributed by atoms with Gasteiger partial charge in [-0.2, -0.15) is 11.0 Å². The van der Waals surface area contributed by atoms with Gasteiger partial charge >= 0.3 is 11.9 Å². The Balaban J connectivity index is 1.73. The first-order valence-corrected chi connectivity index (χ1v) is 12.4. The summed E-state index contributed by atoms with van der Waals surface area (Å²) in [6.07, 6.45) is 1.64. The lowest BCUT2D eigenvalue weighted by Gasteiger charge is -2.16. The van der Waals surface area contributed by atoms with Gasteiger partial charge in [-0.25, -0.2) is 9.59 Å². The molecular weight excluding hydrogens is 516 g/mol. The van der Waals surface area contributed by atoms with Crippen molar-refractivity contribution in [2.75, 3.05) is 0 Å². The maximum Gasteiger partial charge on any atom is 0.336 e. The highest BCUT2D eigenvalue weighted by molar-refractivity contribution is 6.23. The van der Waals surface area contributed by atoms with Crippen LogP contribution in [0.4, 0.5) is 0 Å². The number of amides is 2. The average molecular weight is 543 g/mol. The molecular formula is C30H26N2O8. The Hall–Kier alpha value is -5.38. The molecule has 0 fully saturated rings. The van der Waals surface area contributed by atoms with Crippen LogP contribution in [0.2, 0.25) is 0 Å². The lowest BCUT2D eigenvalue weighted by atomic mass is 9.91. The van der Waals surface area contributed by atoms with Crippen LogP contribution in [0, 0.1) is 0 Å². The summed E-state index contributed by atoms with van der Waals surface area (Å²) in [6.45, 7) is 3.99. The zero-order valence-corrected chi connectivity index (χ0v) is 21.7. The van der Waals surface area contributed by atoms with Crippen LogP contribution in [0.15, 0.2) is 72.8 Å². The van der Waals surface area contributed by atoms with E-state index < -0.39 is 23.8 Å². The maximum atomic E-state index is 13.2. The summed E-state index contributed by atoms with van der Waals surface area (Å²) in [5, 5.41) is 19.2. The van der Waals surface area contributed by atoms with Crippen molar-refractivity contribution >= 4 is 34.5 Å². The van der Waals surface area contributed by atoms with Gasteiger partial charge in [-0.3, -0.25) is 9.59 Å². The molecule has 40 heavy (non-hydrogen) atoms. The molecule has 204 valence electrons. The van der Waals surface area contributed by atoms with Crippen LogP contribution >= 0.6 is 0 Å². The molecule has 0 heterocycles. The molecule has 0 aliphatic carbocycles. The normalized spacial score (nSPS) is 10.6. The molecule has 0 unspecified atom stereocenters. The third-order valence-corrected chi connectivity index (χ3v) is 6.30. The first-order valence-electron chi connectivity index (χ1n) is 12.4. The minimum Gasteiger partial charge on any atom is -0.478 e. The molecule has 0 aromatic heterocycles. The molecule has 0 aliphatic rings. The van der Waals surface area contributed by atoms with Crippen LogP contribution in [-0.4, -0.2) is 34.0 Å². The summed E-state index contributed by atoms with van der Waals surface area (Å²) in [4.78, 5) is 61.3. The predicted molar refractivity (Wildman–Crippen MR) is 146 cm³/mol. The van der Waals surface area contributed by atoms with Crippen molar-refractivity contribution in [1.29, 1.82) is 0 Å². The second-order valence-electron chi connectivity index (χ2n) is 8.74. The highest BCUT2D eigenvalue weighted by Gasteiger charge is 2.26. The fourth-order valence-electron chi connectivity index (χ4n) is 4.14. The third-order valence-electron chi connectivity index (χ3n) is 6.30. The first-order chi connectivity index (χ1) is 19.2. The zero-order chi connectivity index (χ0) is 28.8. The summed E-state index contributed by atoms with van der Waals surface area (Å²) in [6, 6.07) is 18.5. The van der Waals surface area contributed by atoms with Gasteiger partial charge in [-0.05, 0) is 72.5 Å². The molecule has 0 radical (unpaired) electrons. The molecule has 0 atom stereocenters. The lowest BCUT2D eigenvalue weighted by Crippen LogP contribution is -2.29. The van der Waals surface area contributed by atoms with Crippen molar-refractivity contribution in [2.24, 2.45) is 0 Å². The van der Waals surface area contributed by atoms with Crippen molar-refractivity contribution in [1.82, 2.24) is 11.0 Å². The average Bonchev–Trinajstić information content (AvgIpc) is 2.97. The van der Waals surface area contributed by atoms with Gasteiger partial charge in [0, 0.05) is 10.8 Å². The molecule has 10 nitrogen and oxygen atoms in total. The topological polar surface area (TPSA) is 151 Å². The number of hydrogen-bond acceptors (Lipinski definition) is 6. The number of hydrogen-bond donors (Lipinski definition) is 4. The molecule has 2 amide bonds. The van der Waals surface area contributed by atoms with E-state index in [1.807, 2.05) is 38.1 Å². The molecule has 4 rings (SSSR count). The van der Waals surface area contributed by atoms with Gasteiger partial charge in [0.15, 0.2) is 11.5 Å². The Morgan fingerprint density at radius 3 is 1.18 bits per heavy atom. The Bertz CT molecular complexity index is 1480. The largest absolute Gasteiger partial charge is 0.478 e. The smallest absolute Gasteiger partial charge is 0.336 e. The van der Waals surface area contributed by atoms with Crippen molar-refractivity contribution in [3.05, 3.63) is 106 Å². The van der Waals surface area contributed by atoms with Gasteiger partial charge in [0.1, 0.15) is 0 Å². The fraction of sp³-hybridized carbons (Fsp3) is 0.133. The molecule has 4 N–H and O–H groups in total. The van der Waals surface area contributed by atoms with E-state index in [2.05, 4.69) is 11.0 Å². The number of aromatic carboxylic acids is 2. The minimum atomic E-state index is -1.42. The van der Waals surface area contributed by atoms with Crippen LogP contribution in [-0.2, 0) is 12.8 Å². The number of benzene rings is 4. The molecule has 10 heteroatoms. The van der Waals surface area contributed by atoms with E-state index in [1.54, 1.807) is 24.3 Å². The van der Waals surface area contributed by atoms with Crippen LogP contribution in [0.25, 0.3) is 10.8 Å². The third kappa shape index (κ3) is 5.86. The SMILES string of the molecule is CCc1ccc(ONC(=O)c2ccc(C(=O)NOc3ccc(CC)cc3)c3c(C(=O)O)ccc(C(=O)O)c23)cc1. The van der Waals surface area contributed by atoms with Gasteiger partial charge in [0.25, 0.3) is 11.8 Å². The van der Waals surface area contributed by atoms with Gasteiger partial charge in [0.2, 0.25) is 0 Å². The van der Waals surface area contributed by atoms with Crippen LogP contribution in [0.5, 0.6) is 11.5 Å². The highest BCUT2D eigenvalue weighted by atomic mass is 16.7. The first kappa shape index (κ1) is 27.6. The Morgan fingerprint density at radius 1 is 0.550 bits per heavy atom. The summed E-state index contributed by atoms with van der Waals surface area (Å²) in [5.41, 5.74) is 5.50. The summed E-state index contributed by atoms with van der Waals surface area (Å²) in [5.74, 6) is -3.85. The highest BCUT2D eigenvalue weighted by Crippen LogP contribution is 2.31. The molecule has 4 aromatic carbocycles. The van der Waals surface area contributed by atoms with E-state index in [4.69, 9.17) is 9.68 Å². The summed E-state index contributed by atoms with van der Waals surface area (Å²) < 4.78 is 0. The number of carbonyl (C=O) groups is 4. The number of hydroxylamine groups is 2. The Morgan fingerprint density at radius 2 is 0.875 bits per heavy atom. The number of rotatable bonds is 10. The summed E-state index contributed by atoms with van der Waals surface area (Å²) >= 11 is 0. The van der Waals surface area contributed by atoms with E-state index in [0.717, 1.165) is 36.1 Å². The van der Waals surface area contributed by atoms with Crippen LogP contribution < -0.4 is 20.6 Å². The van der Waals surface area contributed by atoms with Gasteiger partial charge in [-0.15, -0.1) is 0 Å². The van der Waals surface area contributed by atoms with Gasteiger partial charge < -0.3 is 19.9 Å². The number of carboxylic acid groups (broad SMARTS) is 2. The van der Waals surface area contributed by atoms with Crippen molar-refractivity contribution in [3.63, 3.8) is 0 Å². The molecule has 0 spiro atoms. The van der Waals surface area contributed by atoms with Crippen molar-refractivity contribution in [2.45, 2.75) is 26.7 Å². The number of nitrogens with one attached hydrogen (secondary N) is 2. The molecule has 0 saturated carbocycles. The van der Waals surface area contributed by atoms with E-state index >= 15 is 0 Å². The maximum absolute atomic E-state index is 13.2. The van der Waals surface area contributed by atoms with E-state index in [-0.39, 0.29) is 33.0 Å². The molecule has 4 aromatic rings. The number of fused-ring (bicyclic) bond motifs is 1. The second-order valence-corrected chi connectivity index (χ2v) is 8.74. The molecule has 0 aliphatic heterocycles. The Kier molecular flexibility index (Phi) is 8.29. The quantitative estimate of drug-likeness (QED) is 0.209. The number of carboxylic acids is 2. The standard InChI is InChI=1S/C30H26N2O8/c1-3-17-5-9-19(10-6-17)39-31-27(33)21-13-14-22(28(34)32-40-20-11-7-18(4-2)8-12-20)26-24(30(37)38)16-15-23(25(21)26)29(35)36/h5-16H,3-4H2,1-2H3,(H,31,33)(H,32,34)(H,35,36)(H,37,38). The summed E-state index contributed by atoms with van der Waals surface area (Å²) in [7, 11) is 0. The zero-order valence-electron chi connectivity index (χ0n) is 21.7. The van der Waals surface area contributed by atoms with Crippen molar-refractivity contribution in [3.8, 4) is 11.5 Å². The molecule has 0 saturated heterocycles. The minimum absolute atomic E-state index is 0.201. The van der Waals surface area contributed by atoms with E-state index in [0.29, 0.717) is 11.5 Å². The van der Waals surface area contributed by atoms with E-state index in [9.17, 15) is 29.4 Å². The Labute approximate surface area is 229 Å². The van der Waals surface area contributed by atoms with Gasteiger partial charge in [-0.1, -0.05) is 38.1 Å². The number of aryl methyl sites for hydroxylation is 2. The molecule has 0 bridgehead atoms.